The molecule has 0 atom stereocenters. The van der Waals surface area contributed by atoms with E-state index in [1.54, 1.807) is 0 Å². The first-order chi connectivity index (χ1) is 28.1. The number of hydrogen-bond donors (Lipinski definition) is 0. The summed E-state index contributed by atoms with van der Waals surface area (Å²) in [5.41, 5.74) is 13.0. The summed E-state index contributed by atoms with van der Waals surface area (Å²) in [6.07, 6.45) is 0. The van der Waals surface area contributed by atoms with Gasteiger partial charge in [0.05, 0.1) is 0 Å². The highest BCUT2D eigenvalue weighted by Gasteiger charge is 2.40. The normalized spacial score (nSPS) is 13.2. The summed E-state index contributed by atoms with van der Waals surface area (Å²) in [5.74, 6) is 0. The van der Waals surface area contributed by atoms with E-state index in [2.05, 4.69) is 208 Å². The molecule has 266 valence electrons. The summed E-state index contributed by atoms with van der Waals surface area (Å²) in [7, 11) is 0. The maximum atomic E-state index is 2.55. The van der Waals surface area contributed by atoms with Gasteiger partial charge >= 0.3 is 0 Å². The highest BCUT2D eigenvalue weighted by molar-refractivity contribution is 6.26. The molecular formula is C57H38. The number of hydrogen-bond acceptors (Lipinski definition) is 0. The van der Waals surface area contributed by atoms with Crippen LogP contribution in [0.3, 0.4) is 0 Å². The van der Waals surface area contributed by atoms with E-state index in [1.165, 1.54) is 120 Å². The fourth-order valence-corrected chi connectivity index (χ4v) is 10.7. The zero-order valence-electron chi connectivity index (χ0n) is 32.0. The zero-order chi connectivity index (χ0) is 37.8. The van der Waals surface area contributed by atoms with Gasteiger partial charge in [-0.2, -0.15) is 0 Å². The SMILES string of the molecule is CC1(C)c2c(cc(-c3c4ccccc4c(-c4ccc(-c5cccc6ccccc56)cc4)c4ccccc34)c3ccccc23)-c2c1c1ccccc1c1ccccc21. The van der Waals surface area contributed by atoms with Gasteiger partial charge in [0, 0.05) is 5.41 Å². The number of fused-ring (bicyclic) bond motifs is 13. The van der Waals surface area contributed by atoms with E-state index >= 15 is 0 Å². The van der Waals surface area contributed by atoms with Crippen molar-refractivity contribution in [2.24, 2.45) is 0 Å². The fraction of sp³-hybridized carbons (Fsp3) is 0.0526. The Bertz CT molecular complexity index is 3410. The van der Waals surface area contributed by atoms with Crippen molar-refractivity contribution in [3.05, 3.63) is 205 Å². The standard InChI is InChI=1S/C57H38/c1-57(2)55-48-27-13-7-21-42(48)50(34-51(55)54-43-22-8-5-19-40(43)41-20-6-14-28-49(41)56(54)57)53-46-25-11-9-23-44(46)52(45-24-10-12-26-47(45)53)37-32-30-36(31-33-37)39-29-15-17-35-16-3-4-18-38(35)39/h3-34H,1-2H3. The molecule has 0 heteroatoms. The van der Waals surface area contributed by atoms with Gasteiger partial charge in [0.15, 0.2) is 0 Å². The summed E-state index contributed by atoms with van der Waals surface area (Å²) in [5, 5.41) is 15.6. The molecule has 0 N–H and O–H groups in total. The Morgan fingerprint density at radius 1 is 0.263 bits per heavy atom. The van der Waals surface area contributed by atoms with E-state index in [9.17, 15) is 0 Å². The lowest BCUT2D eigenvalue weighted by atomic mass is 9.77. The van der Waals surface area contributed by atoms with Crippen molar-refractivity contribution in [1.82, 2.24) is 0 Å². The van der Waals surface area contributed by atoms with Gasteiger partial charge < -0.3 is 0 Å². The molecule has 0 aromatic heterocycles. The molecule has 0 fully saturated rings. The van der Waals surface area contributed by atoms with Crippen LogP contribution in [0.25, 0.3) is 109 Å². The monoisotopic (exact) mass is 722 g/mol. The van der Waals surface area contributed by atoms with Crippen molar-refractivity contribution >= 4 is 64.6 Å². The Hall–Kier alpha value is -7.02. The minimum Gasteiger partial charge on any atom is -0.0616 e. The van der Waals surface area contributed by atoms with Crippen LogP contribution < -0.4 is 0 Å². The van der Waals surface area contributed by atoms with Gasteiger partial charge in [-0.3, -0.25) is 0 Å². The molecule has 0 heterocycles. The Morgan fingerprint density at radius 3 is 1.30 bits per heavy atom. The van der Waals surface area contributed by atoms with Crippen molar-refractivity contribution in [2.75, 3.05) is 0 Å². The molecule has 0 amide bonds. The first-order valence-corrected chi connectivity index (χ1v) is 20.1. The van der Waals surface area contributed by atoms with Crippen LogP contribution >= 0.6 is 0 Å². The molecule has 57 heavy (non-hydrogen) atoms. The molecular weight excluding hydrogens is 685 g/mol. The third-order valence-corrected chi connectivity index (χ3v) is 13.0. The second-order valence-electron chi connectivity index (χ2n) is 16.3. The largest absolute Gasteiger partial charge is 0.0616 e. The molecule has 0 saturated carbocycles. The van der Waals surface area contributed by atoms with Crippen LogP contribution in [0.2, 0.25) is 0 Å². The smallest absolute Gasteiger partial charge is 0.0171 e. The van der Waals surface area contributed by atoms with E-state index in [4.69, 9.17) is 0 Å². The maximum Gasteiger partial charge on any atom is 0.0171 e. The molecule has 1 aliphatic rings. The van der Waals surface area contributed by atoms with Gasteiger partial charge in [-0.1, -0.05) is 202 Å². The number of benzene rings is 11. The molecule has 0 bridgehead atoms. The zero-order valence-corrected chi connectivity index (χ0v) is 32.0. The maximum absolute atomic E-state index is 2.55. The minimum absolute atomic E-state index is 0.196. The predicted octanol–water partition coefficient (Wildman–Crippen LogP) is 15.9. The van der Waals surface area contributed by atoms with E-state index < -0.39 is 0 Å². The first kappa shape index (κ1) is 32.2. The lowest BCUT2D eigenvalue weighted by molar-refractivity contribution is 0.672. The van der Waals surface area contributed by atoms with Crippen LogP contribution in [0, 0.1) is 0 Å². The van der Waals surface area contributed by atoms with Gasteiger partial charge in [-0.05, 0) is 126 Å². The molecule has 0 nitrogen and oxygen atoms in total. The average Bonchev–Trinajstić information content (AvgIpc) is 3.51. The molecule has 0 aliphatic heterocycles. The highest BCUT2D eigenvalue weighted by atomic mass is 14.4. The van der Waals surface area contributed by atoms with E-state index in [0.29, 0.717) is 0 Å². The van der Waals surface area contributed by atoms with Crippen LogP contribution in [0.1, 0.15) is 25.0 Å². The van der Waals surface area contributed by atoms with Crippen molar-refractivity contribution in [1.29, 1.82) is 0 Å². The van der Waals surface area contributed by atoms with E-state index in [1.807, 2.05) is 0 Å². The van der Waals surface area contributed by atoms with Crippen LogP contribution in [-0.2, 0) is 5.41 Å². The quantitative estimate of drug-likeness (QED) is 0.126. The van der Waals surface area contributed by atoms with Gasteiger partial charge in [-0.25, -0.2) is 0 Å². The minimum atomic E-state index is -0.196. The van der Waals surface area contributed by atoms with Crippen LogP contribution in [0.4, 0.5) is 0 Å². The second kappa shape index (κ2) is 12.0. The summed E-state index contributed by atoms with van der Waals surface area (Å²) >= 11 is 0. The van der Waals surface area contributed by atoms with Crippen LogP contribution in [0.15, 0.2) is 194 Å². The van der Waals surface area contributed by atoms with Crippen molar-refractivity contribution in [3.63, 3.8) is 0 Å². The van der Waals surface area contributed by atoms with Gasteiger partial charge in [0.25, 0.3) is 0 Å². The molecule has 0 unspecified atom stereocenters. The van der Waals surface area contributed by atoms with Gasteiger partial charge in [-0.15, -0.1) is 0 Å². The second-order valence-corrected chi connectivity index (χ2v) is 16.3. The number of rotatable bonds is 3. The fourth-order valence-electron chi connectivity index (χ4n) is 10.7. The lowest BCUT2D eigenvalue weighted by Gasteiger charge is -2.26. The average molecular weight is 723 g/mol. The van der Waals surface area contributed by atoms with Crippen molar-refractivity contribution < 1.29 is 0 Å². The Morgan fingerprint density at radius 2 is 0.684 bits per heavy atom. The predicted molar refractivity (Wildman–Crippen MR) is 245 cm³/mol. The molecule has 0 saturated heterocycles. The van der Waals surface area contributed by atoms with Gasteiger partial charge in [0.1, 0.15) is 0 Å². The van der Waals surface area contributed by atoms with Gasteiger partial charge in [0.2, 0.25) is 0 Å². The van der Waals surface area contributed by atoms with Crippen LogP contribution in [-0.4, -0.2) is 0 Å². The lowest BCUT2D eigenvalue weighted by Crippen LogP contribution is -2.16. The van der Waals surface area contributed by atoms with Crippen molar-refractivity contribution in [3.8, 4) is 44.5 Å². The third kappa shape index (κ3) is 4.50. The topological polar surface area (TPSA) is 0 Å². The summed E-state index contributed by atoms with van der Waals surface area (Å²) in [6.45, 7) is 4.88. The molecule has 0 radical (unpaired) electrons. The van der Waals surface area contributed by atoms with E-state index in [-0.39, 0.29) is 5.41 Å². The Balaban J connectivity index is 1.15. The highest BCUT2D eigenvalue weighted by Crippen LogP contribution is 2.58. The molecule has 12 rings (SSSR count). The van der Waals surface area contributed by atoms with Crippen LogP contribution in [0.5, 0.6) is 0 Å². The Kier molecular flexibility index (Phi) is 6.78. The summed E-state index contributed by atoms with van der Waals surface area (Å²) < 4.78 is 0. The first-order valence-electron chi connectivity index (χ1n) is 20.1. The summed E-state index contributed by atoms with van der Waals surface area (Å²) in [6, 6.07) is 72.5. The molecule has 11 aromatic rings. The molecule has 11 aromatic carbocycles. The molecule has 1 aliphatic carbocycles. The molecule has 0 spiro atoms. The third-order valence-electron chi connectivity index (χ3n) is 13.0. The summed E-state index contributed by atoms with van der Waals surface area (Å²) in [4.78, 5) is 0. The van der Waals surface area contributed by atoms with Crippen molar-refractivity contribution in [2.45, 2.75) is 19.3 Å². The Labute approximate surface area is 332 Å². The van der Waals surface area contributed by atoms with E-state index in [0.717, 1.165) is 0 Å².